The third-order valence-corrected chi connectivity index (χ3v) is 5.66. The summed E-state index contributed by atoms with van der Waals surface area (Å²) in [5.41, 5.74) is 17.0. The number of nitrogens with two attached hydrogens (primary N) is 3. The van der Waals surface area contributed by atoms with Crippen molar-refractivity contribution in [2.75, 3.05) is 12.3 Å². The van der Waals surface area contributed by atoms with Crippen LogP contribution in [0.2, 0.25) is 0 Å². The molecule has 38 heavy (non-hydrogen) atoms. The van der Waals surface area contributed by atoms with Crippen molar-refractivity contribution in [3.8, 4) is 0 Å². The Balaban J connectivity index is 2.84. The molecule has 0 aliphatic rings. The Morgan fingerprint density at radius 2 is 1.45 bits per heavy atom. The quantitative estimate of drug-likeness (QED) is 0.0441. The molecule has 0 fully saturated rings. The van der Waals surface area contributed by atoms with E-state index in [4.69, 9.17) is 22.3 Å². The first kappa shape index (κ1) is 32.2. The van der Waals surface area contributed by atoms with Crippen molar-refractivity contribution in [1.82, 2.24) is 16.0 Å². The molecule has 0 saturated heterocycles. The second kappa shape index (κ2) is 16.8. The molecule has 1 aromatic rings. The predicted octanol–water partition coefficient (Wildman–Crippen LogP) is -2.06. The van der Waals surface area contributed by atoms with Gasteiger partial charge in [0, 0.05) is 25.1 Å². The third kappa shape index (κ3) is 12.4. The molecule has 0 spiro atoms. The number of nitrogens with one attached hydrogen (secondary N) is 3. The second-order valence-electron chi connectivity index (χ2n) is 8.38. The fourth-order valence-corrected chi connectivity index (χ4v) is 3.51. The van der Waals surface area contributed by atoms with Crippen LogP contribution in [0, 0.1) is 0 Å². The molecule has 15 heteroatoms. The van der Waals surface area contributed by atoms with Gasteiger partial charge < -0.3 is 43.4 Å². The van der Waals surface area contributed by atoms with Gasteiger partial charge in [0.15, 0.2) is 5.96 Å². The zero-order valence-electron chi connectivity index (χ0n) is 20.7. The van der Waals surface area contributed by atoms with Gasteiger partial charge in [-0.15, -0.1) is 0 Å². The lowest BCUT2D eigenvalue weighted by atomic mass is 10.1. The van der Waals surface area contributed by atoms with E-state index in [1.54, 1.807) is 30.3 Å². The number of aliphatic carboxylic acids is 2. The largest absolute Gasteiger partial charge is 0.481 e. The molecule has 0 aliphatic carbocycles. The number of hydrogen-bond donors (Lipinski definition) is 9. The minimum absolute atomic E-state index is 0.00746. The molecule has 3 amide bonds. The predicted molar refractivity (Wildman–Crippen MR) is 142 cm³/mol. The van der Waals surface area contributed by atoms with Crippen LogP contribution in [-0.4, -0.2) is 82.3 Å². The van der Waals surface area contributed by atoms with E-state index in [-0.39, 0.29) is 37.5 Å². The summed E-state index contributed by atoms with van der Waals surface area (Å²) < 4.78 is 0. The van der Waals surface area contributed by atoms with Crippen molar-refractivity contribution >= 4 is 48.2 Å². The van der Waals surface area contributed by atoms with Gasteiger partial charge in [0.25, 0.3) is 0 Å². The number of carbonyl (C=O) groups is 5. The highest BCUT2D eigenvalue weighted by molar-refractivity contribution is 7.80. The summed E-state index contributed by atoms with van der Waals surface area (Å²) in [6.45, 7) is 0.243. The van der Waals surface area contributed by atoms with Crippen molar-refractivity contribution in [1.29, 1.82) is 0 Å². The Bertz CT molecular complexity index is 990. The molecule has 1 rings (SSSR count). The average Bonchev–Trinajstić information content (AvgIpc) is 2.86. The van der Waals surface area contributed by atoms with E-state index in [1.165, 1.54) is 0 Å². The number of aliphatic imine (C=N–C) groups is 1. The lowest BCUT2D eigenvalue weighted by molar-refractivity contribution is -0.142. The fourth-order valence-electron chi connectivity index (χ4n) is 3.25. The Morgan fingerprint density at radius 3 is 2.00 bits per heavy atom. The first-order valence-electron chi connectivity index (χ1n) is 11.8. The number of rotatable bonds is 17. The van der Waals surface area contributed by atoms with E-state index < -0.39 is 60.2 Å². The molecule has 210 valence electrons. The normalized spacial score (nSPS) is 13.7. The highest BCUT2D eigenvalue weighted by atomic mass is 32.1. The molecule has 0 heterocycles. The summed E-state index contributed by atoms with van der Waals surface area (Å²) in [4.78, 5) is 64.7. The van der Waals surface area contributed by atoms with E-state index >= 15 is 0 Å². The van der Waals surface area contributed by atoms with Crippen LogP contribution in [-0.2, 0) is 30.4 Å². The molecule has 0 saturated carbocycles. The zero-order chi connectivity index (χ0) is 28.7. The van der Waals surface area contributed by atoms with Gasteiger partial charge in [0.1, 0.15) is 18.1 Å². The van der Waals surface area contributed by atoms with E-state index in [2.05, 4.69) is 33.6 Å². The second-order valence-corrected chi connectivity index (χ2v) is 8.75. The van der Waals surface area contributed by atoms with Crippen molar-refractivity contribution in [3.63, 3.8) is 0 Å². The van der Waals surface area contributed by atoms with Gasteiger partial charge in [-0.25, -0.2) is 4.79 Å². The maximum Gasteiger partial charge on any atom is 0.326 e. The number of carboxylic acids is 2. The highest BCUT2D eigenvalue weighted by Crippen LogP contribution is 2.06. The van der Waals surface area contributed by atoms with E-state index in [0.29, 0.717) is 12.0 Å². The highest BCUT2D eigenvalue weighted by Gasteiger charge is 2.30. The molecule has 0 aliphatic heterocycles. The van der Waals surface area contributed by atoms with Crippen molar-refractivity contribution in [3.05, 3.63) is 35.9 Å². The summed E-state index contributed by atoms with van der Waals surface area (Å²) in [5.74, 6) is -5.14. The van der Waals surface area contributed by atoms with Crippen LogP contribution < -0.4 is 33.2 Å². The molecule has 0 bridgehead atoms. The molecular formula is C23H35N7O7S. The number of benzene rings is 1. The number of nitrogens with zero attached hydrogens (tertiary/aromatic N) is 1. The van der Waals surface area contributed by atoms with Crippen LogP contribution in [0.5, 0.6) is 0 Å². The Labute approximate surface area is 225 Å². The van der Waals surface area contributed by atoms with Gasteiger partial charge >= 0.3 is 11.9 Å². The smallest absolute Gasteiger partial charge is 0.326 e. The first-order chi connectivity index (χ1) is 17.9. The van der Waals surface area contributed by atoms with Gasteiger partial charge in [0.2, 0.25) is 17.7 Å². The average molecular weight is 554 g/mol. The standard InChI is InChI=1S/C23H35N7O7S/c24-14(7-4-10-27-23(25)26)19(33)28-15(8-9-18(31)32)20(34)30-17(12-38)21(35)29-16(22(36)37)11-13-5-2-1-3-6-13/h1-3,5-6,14-17,38H,4,7-12,24H2,(H,28,33)(H,29,35)(H,30,34)(H,31,32)(H,36,37)(H4,25,26,27). The van der Waals surface area contributed by atoms with Gasteiger partial charge in [-0.1, -0.05) is 30.3 Å². The lowest BCUT2D eigenvalue weighted by Gasteiger charge is -2.24. The Hall–Kier alpha value is -3.85. The molecule has 11 N–H and O–H groups in total. The number of thiol groups is 1. The maximum atomic E-state index is 12.9. The van der Waals surface area contributed by atoms with E-state index in [9.17, 15) is 29.1 Å². The number of guanidine groups is 1. The molecule has 0 aromatic heterocycles. The van der Waals surface area contributed by atoms with Crippen LogP contribution in [0.3, 0.4) is 0 Å². The van der Waals surface area contributed by atoms with Crippen molar-refractivity contribution in [2.45, 2.75) is 56.3 Å². The molecule has 14 nitrogen and oxygen atoms in total. The van der Waals surface area contributed by atoms with E-state index in [1.807, 2.05) is 0 Å². The maximum absolute atomic E-state index is 12.9. The summed E-state index contributed by atoms with van der Waals surface area (Å²) in [6, 6.07) is 3.76. The molecular weight excluding hydrogens is 518 g/mol. The number of hydrogen-bond acceptors (Lipinski definition) is 8. The SMILES string of the molecule is NC(N)=NCCCC(N)C(=O)NC(CCC(=O)O)C(=O)NC(CS)C(=O)NC(Cc1ccccc1)C(=O)O. The lowest BCUT2D eigenvalue weighted by Crippen LogP contribution is -2.57. The van der Waals surface area contributed by atoms with Gasteiger partial charge in [-0.2, -0.15) is 12.6 Å². The van der Waals surface area contributed by atoms with Crippen molar-refractivity contribution < 1.29 is 34.2 Å². The Morgan fingerprint density at radius 1 is 0.868 bits per heavy atom. The molecule has 4 unspecified atom stereocenters. The summed E-state index contributed by atoms with van der Waals surface area (Å²) in [5, 5.41) is 25.7. The van der Waals surface area contributed by atoms with Crippen molar-refractivity contribution in [2.24, 2.45) is 22.2 Å². The zero-order valence-corrected chi connectivity index (χ0v) is 21.6. The monoisotopic (exact) mass is 553 g/mol. The summed E-state index contributed by atoms with van der Waals surface area (Å²) in [6.07, 6.45) is -0.147. The topological polar surface area (TPSA) is 252 Å². The molecule has 1 aromatic carbocycles. The third-order valence-electron chi connectivity index (χ3n) is 5.30. The summed E-state index contributed by atoms with van der Waals surface area (Å²) in [7, 11) is 0. The van der Waals surface area contributed by atoms with Crippen LogP contribution in [0.4, 0.5) is 0 Å². The number of carboxylic acid groups (broad SMARTS) is 2. The van der Waals surface area contributed by atoms with E-state index in [0.717, 1.165) is 0 Å². The first-order valence-corrected chi connectivity index (χ1v) is 12.4. The van der Waals surface area contributed by atoms with Gasteiger partial charge in [-0.3, -0.25) is 24.2 Å². The summed E-state index contributed by atoms with van der Waals surface area (Å²) >= 11 is 4.07. The molecule has 0 radical (unpaired) electrons. The minimum Gasteiger partial charge on any atom is -0.481 e. The molecule has 4 atom stereocenters. The van der Waals surface area contributed by atoms with Crippen LogP contribution in [0.1, 0.15) is 31.2 Å². The fraction of sp³-hybridized carbons (Fsp3) is 0.478. The van der Waals surface area contributed by atoms with Crippen LogP contribution in [0.25, 0.3) is 0 Å². The minimum atomic E-state index is -1.32. The Kier molecular flexibility index (Phi) is 14.2. The van der Waals surface area contributed by atoms with Gasteiger partial charge in [-0.05, 0) is 24.8 Å². The van der Waals surface area contributed by atoms with Gasteiger partial charge in [0.05, 0.1) is 6.04 Å². The number of amides is 3. The van der Waals surface area contributed by atoms with Crippen LogP contribution >= 0.6 is 12.6 Å². The van der Waals surface area contributed by atoms with Crippen LogP contribution in [0.15, 0.2) is 35.3 Å². The number of carbonyl (C=O) groups excluding carboxylic acids is 3.